The molecular weight excluding hydrogens is 202 g/mol. The molecule has 0 amide bonds. The summed E-state index contributed by atoms with van der Waals surface area (Å²) in [5.74, 6) is 1.31. The van der Waals surface area contributed by atoms with Gasteiger partial charge in [0.1, 0.15) is 11.6 Å². The number of hydrogen-bond acceptors (Lipinski definition) is 3. The molecule has 82 valence electrons. The molecule has 0 saturated heterocycles. The van der Waals surface area contributed by atoms with Crippen LogP contribution in [0.2, 0.25) is 0 Å². The Kier molecular flexibility index (Phi) is 2.06. The molecule has 2 aromatic rings. The minimum Gasteiger partial charge on any atom is -0.508 e. The van der Waals surface area contributed by atoms with Gasteiger partial charge in [0.15, 0.2) is 0 Å². The summed E-state index contributed by atoms with van der Waals surface area (Å²) >= 11 is 0. The van der Waals surface area contributed by atoms with E-state index >= 15 is 0 Å². The lowest BCUT2D eigenvalue weighted by Gasteiger charge is -2.16. The Bertz CT molecular complexity index is 519. The Morgan fingerprint density at radius 2 is 2.31 bits per heavy atom. The fourth-order valence-electron chi connectivity index (χ4n) is 2.06. The lowest BCUT2D eigenvalue weighted by atomic mass is 10.1. The number of aromatic hydroxyl groups is 1. The Morgan fingerprint density at radius 3 is 3.19 bits per heavy atom. The van der Waals surface area contributed by atoms with E-state index in [0.717, 1.165) is 30.9 Å². The van der Waals surface area contributed by atoms with Gasteiger partial charge in [-0.2, -0.15) is 5.10 Å². The largest absolute Gasteiger partial charge is 0.508 e. The van der Waals surface area contributed by atoms with Gasteiger partial charge in [-0.1, -0.05) is 6.07 Å². The summed E-state index contributed by atoms with van der Waals surface area (Å²) in [6.45, 7) is 0.984. The van der Waals surface area contributed by atoms with E-state index in [0.29, 0.717) is 0 Å². The third kappa shape index (κ3) is 1.43. The number of phenolic OH excluding ortho intramolecular Hbond substituents is 1. The minimum atomic E-state index is 0.262. The molecule has 0 bridgehead atoms. The van der Waals surface area contributed by atoms with Crippen molar-refractivity contribution in [3.63, 3.8) is 0 Å². The van der Waals surface area contributed by atoms with Crippen LogP contribution >= 0.6 is 0 Å². The molecule has 1 aliphatic rings. The molecule has 4 heteroatoms. The number of hydrogen-bond donors (Lipinski definition) is 2. The van der Waals surface area contributed by atoms with Gasteiger partial charge in [0.05, 0.1) is 11.9 Å². The highest BCUT2D eigenvalue weighted by atomic mass is 16.3. The maximum Gasteiger partial charge on any atom is 0.132 e. The number of phenols is 1. The Morgan fingerprint density at radius 1 is 1.38 bits per heavy atom. The predicted molar refractivity (Wildman–Crippen MR) is 62.0 cm³/mol. The van der Waals surface area contributed by atoms with Crippen LogP contribution in [0.1, 0.15) is 12.0 Å². The van der Waals surface area contributed by atoms with Gasteiger partial charge in [0, 0.05) is 18.2 Å². The number of nitrogens with zero attached hydrogens (tertiary/aromatic N) is 2. The second kappa shape index (κ2) is 3.56. The van der Waals surface area contributed by atoms with Crippen molar-refractivity contribution in [1.82, 2.24) is 9.78 Å². The van der Waals surface area contributed by atoms with Crippen LogP contribution in [0.4, 0.5) is 5.82 Å². The molecule has 2 heterocycles. The molecule has 0 atom stereocenters. The second-order valence-corrected chi connectivity index (χ2v) is 3.98. The van der Waals surface area contributed by atoms with Crippen LogP contribution in [0.25, 0.3) is 5.69 Å². The van der Waals surface area contributed by atoms with Gasteiger partial charge in [-0.25, -0.2) is 4.68 Å². The van der Waals surface area contributed by atoms with Crippen molar-refractivity contribution in [2.75, 3.05) is 11.9 Å². The predicted octanol–water partition coefficient (Wildman–Crippen LogP) is 1.94. The monoisotopic (exact) mass is 215 g/mol. The van der Waals surface area contributed by atoms with E-state index < -0.39 is 0 Å². The Balaban J connectivity index is 2.09. The van der Waals surface area contributed by atoms with Crippen molar-refractivity contribution < 1.29 is 5.11 Å². The first-order valence-corrected chi connectivity index (χ1v) is 5.45. The molecule has 1 aliphatic heterocycles. The van der Waals surface area contributed by atoms with Gasteiger partial charge in [0.2, 0.25) is 0 Å². The van der Waals surface area contributed by atoms with E-state index in [9.17, 15) is 5.11 Å². The zero-order chi connectivity index (χ0) is 11.0. The van der Waals surface area contributed by atoms with Crippen LogP contribution in [0.15, 0.2) is 30.5 Å². The summed E-state index contributed by atoms with van der Waals surface area (Å²) < 4.78 is 1.84. The molecule has 4 nitrogen and oxygen atoms in total. The molecule has 3 rings (SSSR count). The number of aryl methyl sites for hydroxylation is 1. The molecule has 1 aromatic carbocycles. The second-order valence-electron chi connectivity index (χ2n) is 3.98. The number of rotatable bonds is 1. The summed E-state index contributed by atoms with van der Waals surface area (Å²) in [6.07, 6.45) is 4.12. The number of benzene rings is 1. The van der Waals surface area contributed by atoms with E-state index in [1.165, 1.54) is 5.56 Å². The zero-order valence-electron chi connectivity index (χ0n) is 8.85. The molecule has 0 radical (unpaired) electrons. The lowest BCUT2D eigenvalue weighted by molar-refractivity contribution is 0.475. The third-order valence-electron chi connectivity index (χ3n) is 2.83. The third-order valence-corrected chi connectivity index (χ3v) is 2.83. The molecule has 16 heavy (non-hydrogen) atoms. The number of fused-ring (bicyclic) bond motifs is 1. The van der Waals surface area contributed by atoms with E-state index in [1.807, 2.05) is 23.0 Å². The minimum absolute atomic E-state index is 0.262. The summed E-state index contributed by atoms with van der Waals surface area (Å²) in [5.41, 5.74) is 2.13. The van der Waals surface area contributed by atoms with Crippen LogP contribution in [-0.4, -0.2) is 21.4 Å². The Labute approximate surface area is 93.5 Å². The topological polar surface area (TPSA) is 50.1 Å². The standard InChI is InChI=1S/C12H13N3O/c16-11-5-1-4-10(7-11)15-12-9(8-14-15)3-2-6-13-12/h1,4-5,7-8,13,16H,2-3,6H2. The van der Waals surface area contributed by atoms with Crippen molar-refractivity contribution >= 4 is 5.82 Å². The lowest BCUT2D eigenvalue weighted by Crippen LogP contribution is -2.14. The summed E-state index contributed by atoms with van der Waals surface area (Å²) in [4.78, 5) is 0. The highest BCUT2D eigenvalue weighted by Gasteiger charge is 2.15. The first-order valence-electron chi connectivity index (χ1n) is 5.45. The SMILES string of the molecule is Oc1cccc(-n2ncc3c2NCCC3)c1. The van der Waals surface area contributed by atoms with E-state index in [4.69, 9.17) is 0 Å². The van der Waals surface area contributed by atoms with Crippen molar-refractivity contribution in [3.05, 3.63) is 36.0 Å². The van der Waals surface area contributed by atoms with Crippen LogP contribution in [0, 0.1) is 0 Å². The number of nitrogens with one attached hydrogen (secondary N) is 1. The van der Waals surface area contributed by atoms with Gasteiger partial charge < -0.3 is 10.4 Å². The first kappa shape index (κ1) is 9.27. The normalized spacial score (nSPS) is 14.2. The van der Waals surface area contributed by atoms with Gasteiger partial charge in [-0.15, -0.1) is 0 Å². The van der Waals surface area contributed by atoms with Crippen molar-refractivity contribution in [1.29, 1.82) is 0 Å². The number of aromatic nitrogens is 2. The van der Waals surface area contributed by atoms with Crippen LogP contribution in [0.5, 0.6) is 5.75 Å². The number of anilines is 1. The maximum atomic E-state index is 9.45. The molecule has 0 unspecified atom stereocenters. The van der Waals surface area contributed by atoms with E-state index in [-0.39, 0.29) is 5.75 Å². The van der Waals surface area contributed by atoms with Gasteiger partial charge >= 0.3 is 0 Å². The van der Waals surface area contributed by atoms with Gasteiger partial charge in [-0.3, -0.25) is 0 Å². The van der Waals surface area contributed by atoms with E-state index in [2.05, 4.69) is 10.4 Å². The van der Waals surface area contributed by atoms with Crippen LogP contribution < -0.4 is 5.32 Å². The van der Waals surface area contributed by atoms with Gasteiger partial charge in [-0.05, 0) is 25.0 Å². The van der Waals surface area contributed by atoms with Crippen molar-refractivity contribution in [2.24, 2.45) is 0 Å². The molecular formula is C12H13N3O. The van der Waals surface area contributed by atoms with Crippen LogP contribution in [-0.2, 0) is 6.42 Å². The highest BCUT2D eigenvalue weighted by Crippen LogP contribution is 2.25. The summed E-state index contributed by atoms with van der Waals surface area (Å²) in [6, 6.07) is 7.13. The average Bonchev–Trinajstić information content (AvgIpc) is 2.72. The molecule has 0 spiro atoms. The van der Waals surface area contributed by atoms with Crippen LogP contribution in [0.3, 0.4) is 0 Å². The highest BCUT2D eigenvalue weighted by molar-refractivity contribution is 5.53. The summed E-state index contributed by atoms with van der Waals surface area (Å²) in [7, 11) is 0. The maximum absolute atomic E-state index is 9.45. The summed E-state index contributed by atoms with van der Waals surface area (Å²) in [5, 5.41) is 17.2. The average molecular weight is 215 g/mol. The molecule has 0 saturated carbocycles. The smallest absolute Gasteiger partial charge is 0.132 e. The quantitative estimate of drug-likeness (QED) is 0.764. The fraction of sp³-hybridized carbons (Fsp3) is 0.250. The molecule has 2 N–H and O–H groups in total. The van der Waals surface area contributed by atoms with Crippen molar-refractivity contribution in [2.45, 2.75) is 12.8 Å². The van der Waals surface area contributed by atoms with Crippen molar-refractivity contribution in [3.8, 4) is 11.4 Å². The molecule has 0 aliphatic carbocycles. The first-order chi connectivity index (χ1) is 7.84. The molecule has 0 fully saturated rings. The van der Waals surface area contributed by atoms with E-state index in [1.54, 1.807) is 12.1 Å². The molecule has 1 aromatic heterocycles. The zero-order valence-corrected chi connectivity index (χ0v) is 8.85. The fourth-order valence-corrected chi connectivity index (χ4v) is 2.06. The van der Waals surface area contributed by atoms with Gasteiger partial charge in [0.25, 0.3) is 0 Å². The Hall–Kier alpha value is -1.97.